The van der Waals surface area contributed by atoms with Crippen molar-refractivity contribution in [1.29, 1.82) is 0 Å². The van der Waals surface area contributed by atoms with Crippen LogP contribution in [-0.2, 0) is 0 Å². The van der Waals surface area contributed by atoms with Gasteiger partial charge in [0, 0.05) is 6.42 Å². The number of hydrogen-bond donors (Lipinski definition) is 0. The third-order valence-electron chi connectivity index (χ3n) is 5.24. The van der Waals surface area contributed by atoms with Gasteiger partial charge in [0.15, 0.2) is 0 Å². The normalized spacial score (nSPS) is 20.4. The smallest absolute Gasteiger partial charge is 0.0654 e. The van der Waals surface area contributed by atoms with E-state index in [1.54, 1.807) is 0 Å². The van der Waals surface area contributed by atoms with Crippen molar-refractivity contribution in [1.82, 2.24) is 0 Å². The van der Waals surface area contributed by atoms with E-state index in [-0.39, 0.29) is 0 Å². The van der Waals surface area contributed by atoms with E-state index in [1.807, 2.05) is 0 Å². The zero-order chi connectivity index (χ0) is 14.7. The van der Waals surface area contributed by atoms with E-state index in [1.165, 1.54) is 89.9 Å². The molecule has 1 rings (SSSR count). The standard InChI is InChI=1S/C20H39/c1-4-7-10-12-15-20(16-13-11-8-5-2)17-19(18-20)14-9-6-3/h17,19H,4-16,18H2,1-3H3/q+1. The van der Waals surface area contributed by atoms with Crippen molar-refractivity contribution < 1.29 is 0 Å². The summed E-state index contributed by atoms with van der Waals surface area (Å²) in [7, 11) is 0. The fourth-order valence-corrected chi connectivity index (χ4v) is 3.94. The van der Waals surface area contributed by atoms with Crippen molar-refractivity contribution >= 4 is 0 Å². The molecule has 0 aromatic rings. The fourth-order valence-electron chi connectivity index (χ4n) is 3.94. The summed E-state index contributed by atoms with van der Waals surface area (Å²) in [5.41, 5.74) is 0.667. The van der Waals surface area contributed by atoms with Crippen LogP contribution in [0.3, 0.4) is 0 Å². The van der Waals surface area contributed by atoms with Crippen LogP contribution in [0.25, 0.3) is 0 Å². The lowest BCUT2D eigenvalue weighted by atomic mass is 9.56. The van der Waals surface area contributed by atoms with Crippen LogP contribution in [0.15, 0.2) is 0 Å². The predicted molar refractivity (Wildman–Crippen MR) is 91.9 cm³/mol. The van der Waals surface area contributed by atoms with Gasteiger partial charge in [0.05, 0.1) is 6.42 Å². The summed E-state index contributed by atoms with van der Waals surface area (Å²) in [6, 6.07) is 0. The van der Waals surface area contributed by atoms with Crippen molar-refractivity contribution in [3.05, 3.63) is 6.42 Å². The Morgan fingerprint density at radius 1 is 0.750 bits per heavy atom. The highest BCUT2D eigenvalue weighted by Crippen LogP contribution is 2.53. The molecule has 1 saturated carbocycles. The molecule has 0 amide bonds. The molecule has 0 saturated heterocycles. The van der Waals surface area contributed by atoms with Crippen LogP contribution in [0.2, 0.25) is 0 Å². The topological polar surface area (TPSA) is 0 Å². The SMILES string of the molecule is CCCCCCC1(CCCCCC)[CH+]C(CCCC)C1. The first-order valence-electron chi connectivity index (χ1n) is 9.62. The molecule has 0 bridgehead atoms. The maximum atomic E-state index is 2.78. The summed E-state index contributed by atoms with van der Waals surface area (Å²) < 4.78 is 0. The van der Waals surface area contributed by atoms with Crippen LogP contribution < -0.4 is 0 Å². The first-order chi connectivity index (χ1) is 9.76. The Morgan fingerprint density at radius 3 is 1.70 bits per heavy atom. The summed E-state index contributed by atoms with van der Waals surface area (Å²) in [6.45, 7) is 6.95. The van der Waals surface area contributed by atoms with Gasteiger partial charge in [-0.2, -0.15) is 0 Å². The molecule has 0 radical (unpaired) electrons. The molecule has 1 fully saturated rings. The van der Waals surface area contributed by atoms with E-state index in [4.69, 9.17) is 0 Å². The Bertz CT molecular complexity index is 191. The maximum absolute atomic E-state index is 2.78. The molecule has 0 aliphatic heterocycles. The van der Waals surface area contributed by atoms with E-state index >= 15 is 0 Å². The first kappa shape index (κ1) is 17.9. The summed E-state index contributed by atoms with van der Waals surface area (Å²) >= 11 is 0. The minimum Gasteiger partial charge on any atom is -0.0654 e. The highest BCUT2D eigenvalue weighted by Gasteiger charge is 2.52. The minimum atomic E-state index is 0.667. The van der Waals surface area contributed by atoms with Gasteiger partial charge in [-0.15, -0.1) is 0 Å². The molecule has 20 heavy (non-hydrogen) atoms. The molecule has 1 unspecified atom stereocenters. The Hall–Kier alpha value is -0.130. The number of unbranched alkanes of at least 4 members (excludes halogenated alkanes) is 7. The van der Waals surface area contributed by atoms with Crippen molar-refractivity contribution in [2.45, 2.75) is 111 Å². The fraction of sp³-hybridized carbons (Fsp3) is 0.950. The largest absolute Gasteiger partial charge is 0.112 e. The van der Waals surface area contributed by atoms with Crippen molar-refractivity contribution in [3.8, 4) is 0 Å². The van der Waals surface area contributed by atoms with Gasteiger partial charge in [-0.3, -0.25) is 0 Å². The molecule has 0 nitrogen and oxygen atoms in total. The van der Waals surface area contributed by atoms with E-state index in [2.05, 4.69) is 27.2 Å². The van der Waals surface area contributed by atoms with Gasteiger partial charge in [0.2, 0.25) is 0 Å². The van der Waals surface area contributed by atoms with Gasteiger partial charge in [0.1, 0.15) is 11.3 Å². The Morgan fingerprint density at radius 2 is 1.25 bits per heavy atom. The molecule has 0 spiro atoms. The zero-order valence-corrected chi connectivity index (χ0v) is 14.6. The van der Waals surface area contributed by atoms with Crippen LogP contribution in [0.5, 0.6) is 0 Å². The van der Waals surface area contributed by atoms with Crippen LogP contribution in [0.4, 0.5) is 0 Å². The quantitative estimate of drug-likeness (QED) is 0.244. The second-order valence-electron chi connectivity index (χ2n) is 7.26. The molecule has 1 aliphatic rings. The summed E-state index contributed by atoms with van der Waals surface area (Å²) in [4.78, 5) is 0. The molecule has 1 atom stereocenters. The van der Waals surface area contributed by atoms with Crippen LogP contribution in [0, 0.1) is 17.8 Å². The molecule has 0 aromatic heterocycles. The Balaban J connectivity index is 2.25. The molecule has 0 heterocycles. The first-order valence-corrected chi connectivity index (χ1v) is 9.62. The van der Waals surface area contributed by atoms with Crippen molar-refractivity contribution in [2.75, 3.05) is 0 Å². The molecule has 1 aliphatic carbocycles. The van der Waals surface area contributed by atoms with E-state index in [0.717, 1.165) is 5.92 Å². The number of rotatable bonds is 13. The molecular formula is C20H39+. The van der Waals surface area contributed by atoms with Crippen LogP contribution in [0.1, 0.15) is 111 Å². The minimum absolute atomic E-state index is 0.667. The third kappa shape index (κ3) is 6.55. The van der Waals surface area contributed by atoms with E-state index in [9.17, 15) is 0 Å². The highest BCUT2D eigenvalue weighted by atomic mass is 14.5. The summed E-state index contributed by atoms with van der Waals surface area (Å²) in [5.74, 6) is 0.965. The average molecular weight is 280 g/mol. The molecule has 118 valence electrons. The van der Waals surface area contributed by atoms with Crippen molar-refractivity contribution in [3.63, 3.8) is 0 Å². The Labute approximate surface area is 129 Å². The lowest BCUT2D eigenvalue weighted by Crippen LogP contribution is -2.38. The predicted octanol–water partition coefficient (Wildman–Crippen LogP) is 7.33. The molecule has 0 heteroatoms. The van der Waals surface area contributed by atoms with Gasteiger partial charge in [-0.05, 0) is 38.5 Å². The summed E-state index contributed by atoms with van der Waals surface area (Å²) in [6.07, 6.45) is 23.0. The molecule has 0 aromatic carbocycles. The van der Waals surface area contributed by atoms with E-state index < -0.39 is 0 Å². The average Bonchev–Trinajstić information content (AvgIpc) is 2.42. The second-order valence-corrected chi connectivity index (χ2v) is 7.26. The summed E-state index contributed by atoms with van der Waals surface area (Å²) in [5, 5.41) is 0. The van der Waals surface area contributed by atoms with Gasteiger partial charge >= 0.3 is 0 Å². The highest BCUT2D eigenvalue weighted by molar-refractivity contribution is 5.07. The van der Waals surface area contributed by atoms with Gasteiger partial charge in [0.25, 0.3) is 0 Å². The van der Waals surface area contributed by atoms with Gasteiger partial charge in [-0.25, -0.2) is 0 Å². The van der Waals surface area contributed by atoms with Crippen LogP contribution in [-0.4, -0.2) is 0 Å². The number of hydrogen-bond acceptors (Lipinski definition) is 0. The lowest BCUT2D eigenvalue weighted by Gasteiger charge is -2.39. The zero-order valence-electron chi connectivity index (χ0n) is 14.6. The Kier molecular flexibility index (Phi) is 9.48. The molecule has 0 N–H and O–H groups in total. The van der Waals surface area contributed by atoms with Gasteiger partial charge in [-0.1, -0.05) is 65.7 Å². The van der Waals surface area contributed by atoms with Gasteiger partial charge < -0.3 is 0 Å². The van der Waals surface area contributed by atoms with Crippen LogP contribution >= 0.6 is 0 Å². The lowest BCUT2D eigenvalue weighted by molar-refractivity contribution is 0.108. The van der Waals surface area contributed by atoms with Crippen molar-refractivity contribution in [2.24, 2.45) is 11.3 Å². The van der Waals surface area contributed by atoms with E-state index in [0.29, 0.717) is 5.41 Å². The second kappa shape index (κ2) is 10.6. The maximum Gasteiger partial charge on any atom is 0.112 e. The third-order valence-corrected chi connectivity index (χ3v) is 5.24. The monoisotopic (exact) mass is 279 g/mol. The molecular weight excluding hydrogens is 240 g/mol.